The number of nitriles is 1. The number of hydrogen-bond donors (Lipinski definition) is 7. The summed E-state index contributed by atoms with van der Waals surface area (Å²) in [7, 11) is -5.10. The Labute approximate surface area is 765 Å². The second-order valence-corrected chi connectivity index (χ2v) is 36.4. The van der Waals surface area contributed by atoms with Gasteiger partial charge in [-0.15, -0.1) is 0 Å². The van der Waals surface area contributed by atoms with Crippen LogP contribution in [-0.4, -0.2) is 162 Å². The average molecular weight is 1870 g/mol. The maximum absolute atomic E-state index is 14.8. The van der Waals surface area contributed by atoms with Crippen molar-refractivity contribution < 1.29 is 55.1 Å². The Morgan fingerprint density at radius 3 is 1.55 bits per heavy atom. The first kappa shape index (κ1) is 101. The third-order valence-corrected chi connectivity index (χ3v) is 22.6. The summed E-state index contributed by atoms with van der Waals surface area (Å²) in [4.78, 5) is 106. The van der Waals surface area contributed by atoms with Crippen molar-refractivity contribution >= 4 is 157 Å². The third-order valence-electron chi connectivity index (χ3n) is 20.3. The predicted octanol–water partition coefficient (Wildman–Crippen LogP) is 15.5. The average Bonchev–Trinajstić information content (AvgIpc) is 0.753. The van der Waals surface area contributed by atoms with E-state index in [0.717, 1.165) is 65.1 Å². The first-order chi connectivity index (χ1) is 61.0. The number of ether oxygens (including phenoxy) is 4. The van der Waals surface area contributed by atoms with E-state index in [9.17, 15) is 56.2 Å². The molecule has 0 bridgehead atoms. The highest BCUT2D eigenvalue weighted by Crippen LogP contribution is 2.35. The monoisotopic (exact) mass is 1860 g/mol. The van der Waals surface area contributed by atoms with E-state index in [0.29, 0.717) is 89.9 Å². The van der Waals surface area contributed by atoms with Gasteiger partial charge in [0.25, 0.3) is 28.6 Å². The van der Waals surface area contributed by atoms with Gasteiger partial charge in [-0.2, -0.15) is 9.94 Å². The number of benzene rings is 8. The molecule has 2 aromatic heterocycles. The van der Waals surface area contributed by atoms with Crippen molar-refractivity contribution in [2.24, 2.45) is 15.4 Å². The molecule has 2 unspecified atom stereocenters. The van der Waals surface area contributed by atoms with E-state index in [2.05, 4.69) is 60.2 Å². The number of aromatic nitrogens is 4. The number of amides is 3. The van der Waals surface area contributed by atoms with Crippen molar-refractivity contribution in [2.75, 3.05) is 120 Å². The lowest BCUT2D eigenvalue weighted by atomic mass is 9.96. The number of unbranched alkanes of at least 4 members (excludes halogenated alkanes) is 1. The number of nitro groups is 1. The summed E-state index contributed by atoms with van der Waals surface area (Å²) < 4.78 is 78.3. The van der Waals surface area contributed by atoms with Gasteiger partial charge in [0.05, 0.1) is 72.1 Å². The molecule has 0 saturated heterocycles. The normalized spacial score (nSPS) is 12.3. The quantitative estimate of drug-likeness (QED) is 0.00811. The van der Waals surface area contributed by atoms with E-state index in [4.69, 9.17) is 68.7 Å². The molecule has 2 heterocycles. The minimum atomic E-state index is -3.42. The number of aryl methyl sites for hydroxylation is 6. The van der Waals surface area contributed by atoms with Crippen molar-refractivity contribution in [3.05, 3.63) is 236 Å². The molecular weight excluding hydrogens is 1760 g/mol. The van der Waals surface area contributed by atoms with E-state index in [-0.39, 0.29) is 92.1 Å². The van der Waals surface area contributed by atoms with Crippen LogP contribution in [0.5, 0.6) is 11.5 Å². The first-order valence-corrected chi connectivity index (χ1v) is 46.6. The van der Waals surface area contributed by atoms with Gasteiger partial charge < -0.3 is 55.0 Å². The van der Waals surface area contributed by atoms with Gasteiger partial charge in [0.15, 0.2) is 28.6 Å². The molecule has 0 spiro atoms. The number of hydrogen-bond acceptors (Lipinski definition) is 25. The van der Waals surface area contributed by atoms with Crippen molar-refractivity contribution in [2.45, 2.75) is 135 Å². The molecule has 8 aromatic carbocycles. The summed E-state index contributed by atoms with van der Waals surface area (Å²) in [5.41, 5.74) is 7.47. The number of nitro benzene ring substituents is 1. The molecule has 10 aromatic rings. The summed E-state index contributed by atoms with van der Waals surface area (Å²) >= 11 is 19.6. The van der Waals surface area contributed by atoms with Crippen LogP contribution < -0.4 is 71.5 Å². The number of aliphatic imine (C=N–C) groups is 2. The Kier molecular flexibility index (Phi) is 35.3. The highest BCUT2D eigenvalue weighted by molar-refractivity contribution is 7.89. The Bertz CT molecular complexity index is 6300. The number of nitrogens with one attached hydrogen (secondary N) is 7. The highest BCUT2D eigenvalue weighted by atomic mass is 35.5. The number of para-hydroxylation sites is 1. The molecule has 3 amide bonds. The lowest BCUT2D eigenvalue weighted by Crippen LogP contribution is -2.44. The SMILES string of the molecule is CCC(OCNc1ccc(Cl)c(NC(=O)C(=Nc2ccc(N(CC)CCNS(C)(=O)=O)cc2C)c2nc3c([N+](=O)[O-])cc(Cl)cc3c(=O)n2NC(=O)C(C)(C)C)c1)Oc1ccc(C)cc1C.CCCCC(OCNc1ccc(Cl)c(NC(=O)C(=Nc2ccc(N(CC)CCNS(C)(=O)=O)cc2C)c2nc3c(C#N)cccc3c(=O)n2N(C)CC)c1)Oc1ccc(C)cc1C. The zero-order chi connectivity index (χ0) is 94.5. The van der Waals surface area contributed by atoms with Gasteiger partial charge >= 0.3 is 0 Å². The molecule has 686 valence electrons. The summed E-state index contributed by atoms with van der Waals surface area (Å²) in [6, 6.07) is 41.3. The van der Waals surface area contributed by atoms with E-state index in [1.165, 1.54) is 16.8 Å². The van der Waals surface area contributed by atoms with Gasteiger partial charge in [0, 0.05) is 105 Å². The highest BCUT2D eigenvalue weighted by Gasteiger charge is 2.32. The molecule has 129 heavy (non-hydrogen) atoms. The standard InChI is InChI=1S/C46H56ClN9O6S.C45H53Cl2N9O9S/c1-9-12-16-41(62-40-22-17-30(4)25-32(40)6)61-29-49-34-18-20-37(47)39(27-34)52-45(57)43(44-53-42-33(28-48)14-13-15-36(42)46(58)56(44)54(7)10-2)51-38-21-19-35(26-31(38)5)55(11-3)24-23-50-63(8,59)60;1-10-38(65-37-17-12-26(3)20-28(37)5)64-25-48-30-13-15-33(47)35(24-30)51-42(57)40(50-34-16-14-31(21-27(34)4)54(11-2)19-18-49-66(9,62)63)41-52-39-32(22-29(46)23-36(39)56(60)61)43(58)55(41)53-44(59)45(6,7)8/h13-15,17-22,25-27,41,49-50H,9-12,16,23-24,29H2,1-8H3,(H,52,57);12-17,20-24,38,48-49H,10-11,18-19,25H2,1-9H3,(H,51,57)(H,53,59). The molecule has 0 saturated carbocycles. The van der Waals surface area contributed by atoms with Crippen LogP contribution in [-0.2, 0) is 43.9 Å². The number of rotatable bonds is 40. The van der Waals surface area contributed by atoms with E-state index < -0.39 is 94.5 Å². The van der Waals surface area contributed by atoms with Crippen molar-refractivity contribution in [3.8, 4) is 17.6 Å². The fourth-order valence-corrected chi connectivity index (χ4v) is 14.7. The summed E-state index contributed by atoms with van der Waals surface area (Å²) in [5, 5.41) is 36.1. The van der Waals surface area contributed by atoms with Crippen LogP contribution in [0.15, 0.2) is 159 Å². The number of likely N-dealkylation sites (N-methyl/N-ethyl adjacent to an activating group) is 2. The number of sulfonamides is 2. The van der Waals surface area contributed by atoms with Gasteiger partial charge in [0.1, 0.15) is 31.0 Å². The second kappa shape index (κ2) is 45.2. The number of non-ortho nitro benzene ring substituents is 1. The van der Waals surface area contributed by atoms with Gasteiger partial charge in [0.2, 0.25) is 38.5 Å². The first-order valence-electron chi connectivity index (χ1n) is 41.6. The van der Waals surface area contributed by atoms with Crippen molar-refractivity contribution in [1.29, 1.82) is 5.26 Å². The Morgan fingerprint density at radius 1 is 0.605 bits per heavy atom. The molecule has 0 aliphatic heterocycles. The van der Waals surface area contributed by atoms with E-state index in [1.807, 2.05) is 115 Å². The number of nitrogens with zero attached hydrogens (tertiary/aromatic N) is 11. The van der Waals surface area contributed by atoms with E-state index >= 15 is 0 Å². The second-order valence-electron chi connectivity index (χ2n) is 31.5. The molecule has 0 radical (unpaired) electrons. The molecular formula is C91H109Cl3N18O15S2. The van der Waals surface area contributed by atoms with Gasteiger partial charge in [-0.25, -0.2) is 50.9 Å². The largest absolute Gasteiger partial charge is 0.465 e. The van der Waals surface area contributed by atoms with Crippen LogP contribution in [0.1, 0.15) is 132 Å². The van der Waals surface area contributed by atoms with Gasteiger partial charge in [-0.3, -0.25) is 39.5 Å². The van der Waals surface area contributed by atoms with Crippen LogP contribution in [0, 0.1) is 68.4 Å². The number of halogens is 3. The van der Waals surface area contributed by atoms with Crippen LogP contribution in [0.25, 0.3) is 21.8 Å². The molecule has 2 atom stereocenters. The van der Waals surface area contributed by atoms with E-state index in [1.54, 1.807) is 113 Å². The maximum Gasteiger partial charge on any atom is 0.297 e. The molecule has 0 fully saturated rings. The number of fused-ring (bicyclic) bond motifs is 2. The molecule has 33 nitrogen and oxygen atoms in total. The summed E-state index contributed by atoms with van der Waals surface area (Å²) in [6.07, 6.45) is 4.22. The van der Waals surface area contributed by atoms with Gasteiger partial charge in [-0.05, 0) is 194 Å². The van der Waals surface area contributed by atoms with Crippen LogP contribution in [0.2, 0.25) is 15.1 Å². The smallest absolute Gasteiger partial charge is 0.297 e. The lowest BCUT2D eigenvalue weighted by molar-refractivity contribution is -0.383. The number of carbonyl (C=O) groups is 3. The van der Waals surface area contributed by atoms with Crippen molar-refractivity contribution in [1.82, 2.24) is 28.8 Å². The van der Waals surface area contributed by atoms with Crippen molar-refractivity contribution in [3.63, 3.8) is 0 Å². The molecule has 38 heteroatoms. The fourth-order valence-electron chi connectivity index (χ4n) is 13.2. The minimum Gasteiger partial charge on any atom is -0.465 e. The van der Waals surface area contributed by atoms with Crippen LogP contribution in [0.3, 0.4) is 0 Å². The molecule has 0 aliphatic carbocycles. The third kappa shape index (κ3) is 27.5. The minimum absolute atomic E-state index is 0.00759. The predicted molar refractivity (Wildman–Crippen MR) is 513 cm³/mol. The fraction of sp³-hybridized carbons (Fsp3) is 0.363. The van der Waals surface area contributed by atoms with Crippen LogP contribution >= 0.6 is 34.8 Å². The number of carbonyl (C=O) groups excluding carboxylic acids is 3. The lowest BCUT2D eigenvalue weighted by Gasteiger charge is -2.25. The van der Waals surface area contributed by atoms with Crippen LogP contribution in [0.4, 0.5) is 51.2 Å². The number of anilines is 6. The molecule has 7 N–H and O–H groups in total. The Balaban J connectivity index is 0.000000291. The Hall–Kier alpha value is -12.1. The summed E-state index contributed by atoms with van der Waals surface area (Å²) in [6.45, 7) is 28.8. The Morgan fingerprint density at radius 2 is 1.10 bits per heavy atom. The molecule has 10 rings (SSSR count). The summed E-state index contributed by atoms with van der Waals surface area (Å²) in [5.74, 6) is -1.55. The molecule has 0 aliphatic rings. The maximum atomic E-state index is 14.8. The van der Waals surface area contributed by atoms with Gasteiger partial charge in [-0.1, -0.05) is 117 Å². The zero-order valence-electron chi connectivity index (χ0n) is 75.1. The zero-order valence-corrected chi connectivity index (χ0v) is 79.0. The topological polar surface area (TPSA) is 412 Å².